The number of nitrogens with zero attached hydrogens (tertiary/aromatic N) is 3. The number of hydrogen-bond donors (Lipinski definition) is 1. The SMILES string of the molecule is CCOC(=O)C1CCN(C(=NC)NCC2(N(C)C)CCCC(C)C2)CC1.I. The highest BCUT2D eigenvalue weighted by atomic mass is 127. The van der Waals surface area contributed by atoms with Crippen LogP contribution in [-0.4, -0.2) is 74.7 Å². The fraction of sp³-hybridized carbons (Fsp3) is 0.900. The number of aliphatic imine (C=N–C) groups is 1. The quantitative estimate of drug-likeness (QED) is 0.276. The van der Waals surface area contributed by atoms with Crippen LogP contribution in [0.15, 0.2) is 4.99 Å². The van der Waals surface area contributed by atoms with Crippen LogP contribution in [-0.2, 0) is 9.53 Å². The Kier molecular flexibility index (Phi) is 10.4. The third-order valence-corrected chi connectivity index (χ3v) is 6.22. The molecule has 1 aliphatic heterocycles. The van der Waals surface area contributed by atoms with E-state index in [1.54, 1.807) is 0 Å². The minimum Gasteiger partial charge on any atom is -0.466 e. The molecule has 7 heteroatoms. The van der Waals surface area contributed by atoms with Crippen LogP contribution in [0.1, 0.15) is 52.4 Å². The molecule has 2 rings (SSSR count). The van der Waals surface area contributed by atoms with Crippen LogP contribution < -0.4 is 5.32 Å². The second-order valence-corrected chi connectivity index (χ2v) is 8.23. The van der Waals surface area contributed by atoms with Crippen molar-refractivity contribution < 1.29 is 9.53 Å². The van der Waals surface area contributed by atoms with Crippen molar-refractivity contribution in [3.05, 3.63) is 0 Å². The van der Waals surface area contributed by atoms with E-state index in [1.165, 1.54) is 25.7 Å². The number of esters is 1. The molecular formula is C20H39IN4O2. The molecule has 0 aromatic heterocycles. The Morgan fingerprint density at radius 1 is 1.30 bits per heavy atom. The van der Waals surface area contributed by atoms with E-state index in [4.69, 9.17) is 4.74 Å². The summed E-state index contributed by atoms with van der Waals surface area (Å²) >= 11 is 0. The van der Waals surface area contributed by atoms with E-state index in [9.17, 15) is 4.79 Å². The van der Waals surface area contributed by atoms with Gasteiger partial charge in [-0.05, 0) is 52.6 Å². The fourth-order valence-electron chi connectivity index (χ4n) is 4.52. The summed E-state index contributed by atoms with van der Waals surface area (Å²) in [6, 6.07) is 0. The Hall–Kier alpha value is -0.570. The number of halogens is 1. The molecule has 0 spiro atoms. The number of likely N-dealkylation sites (tertiary alicyclic amines) is 1. The number of carbonyl (C=O) groups excluding carboxylic acids is 1. The molecule has 1 N–H and O–H groups in total. The van der Waals surface area contributed by atoms with E-state index < -0.39 is 0 Å². The van der Waals surface area contributed by atoms with Gasteiger partial charge in [0.05, 0.1) is 12.5 Å². The zero-order valence-corrected chi connectivity index (χ0v) is 20.1. The van der Waals surface area contributed by atoms with Crippen LogP contribution >= 0.6 is 24.0 Å². The molecule has 2 fully saturated rings. The van der Waals surface area contributed by atoms with Gasteiger partial charge < -0.3 is 19.9 Å². The number of nitrogens with one attached hydrogen (secondary N) is 1. The normalized spacial score (nSPS) is 27.3. The average molecular weight is 494 g/mol. The summed E-state index contributed by atoms with van der Waals surface area (Å²) in [5.74, 6) is 1.73. The van der Waals surface area contributed by atoms with Gasteiger partial charge in [0.2, 0.25) is 0 Å². The summed E-state index contributed by atoms with van der Waals surface area (Å²) < 4.78 is 5.17. The Balaban J connectivity index is 0.00000364. The third-order valence-electron chi connectivity index (χ3n) is 6.22. The summed E-state index contributed by atoms with van der Waals surface area (Å²) in [7, 11) is 6.26. The van der Waals surface area contributed by atoms with Crippen molar-refractivity contribution in [2.45, 2.75) is 57.9 Å². The Morgan fingerprint density at radius 3 is 2.48 bits per heavy atom. The Labute approximate surface area is 182 Å². The summed E-state index contributed by atoms with van der Waals surface area (Å²) in [4.78, 5) is 21.1. The number of guanidine groups is 1. The highest BCUT2D eigenvalue weighted by Crippen LogP contribution is 2.35. The second-order valence-electron chi connectivity index (χ2n) is 8.23. The molecule has 158 valence electrons. The number of ether oxygens (including phenoxy) is 1. The van der Waals surface area contributed by atoms with Gasteiger partial charge >= 0.3 is 5.97 Å². The smallest absolute Gasteiger partial charge is 0.309 e. The summed E-state index contributed by atoms with van der Waals surface area (Å²) in [6.07, 6.45) is 6.79. The van der Waals surface area contributed by atoms with Crippen molar-refractivity contribution in [2.75, 3.05) is 47.4 Å². The predicted molar refractivity (Wildman–Crippen MR) is 122 cm³/mol. The molecule has 0 amide bonds. The largest absolute Gasteiger partial charge is 0.466 e. The molecular weight excluding hydrogens is 455 g/mol. The van der Waals surface area contributed by atoms with Crippen LogP contribution in [0.3, 0.4) is 0 Å². The summed E-state index contributed by atoms with van der Waals surface area (Å²) in [6.45, 7) is 7.34. The summed E-state index contributed by atoms with van der Waals surface area (Å²) in [5, 5.41) is 3.64. The van der Waals surface area contributed by atoms with Gasteiger partial charge in [0, 0.05) is 32.2 Å². The van der Waals surface area contributed by atoms with Crippen molar-refractivity contribution in [1.82, 2.24) is 15.1 Å². The zero-order valence-electron chi connectivity index (χ0n) is 17.8. The zero-order chi connectivity index (χ0) is 19.2. The first-order valence-corrected chi connectivity index (χ1v) is 10.2. The van der Waals surface area contributed by atoms with Crippen molar-refractivity contribution in [3.8, 4) is 0 Å². The van der Waals surface area contributed by atoms with Gasteiger partial charge in [-0.2, -0.15) is 0 Å². The molecule has 0 radical (unpaired) electrons. The highest BCUT2D eigenvalue weighted by molar-refractivity contribution is 14.0. The minimum absolute atomic E-state index is 0. The van der Waals surface area contributed by atoms with E-state index in [2.05, 4.69) is 41.1 Å². The maximum atomic E-state index is 11.9. The van der Waals surface area contributed by atoms with Gasteiger partial charge in [-0.3, -0.25) is 9.79 Å². The monoisotopic (exact) mass is 494 g/mol. The van der Waals surface area contributed by atoms with Gasteiger partial charge in [-0.15, -0.1) is 24.0 Å². The lowest BCUT2D eigenvalue weighted by Crippen LogP contribution is -2.57. The lowest BCUT2D eigenvalue weighted by Gasteiger charge is -2.46. The highest BCUT2D eigenvalue weighted by Gasteiger charge is 2.37. The van der Waals surface area contributed by atoms with Crippen LogP contribution in [0.5, 0.6) is 0 Å². The van der Waals surface area contributed by atoms with E-state index in [-0.39, 0.29) is 41.4 Å². The van der Waals surface area contributed by atoms with Gasteiger partial charge in [0.25, 0.3) is 0 Å². The molecule has 2 unspecified atom stereocenters. The fourth-order valence-corrected chi connectivity index (χ4v) is 4.52. The summed E-state index contributed by atoms with van der Waals surface area (Å²) in [5.41, 5.74) is 0.205. The van der Waals surface area contributed by atoms with E-state index in [0.717, 1.165) is 44.4 Å². The maximum absolute atomic E-state index is 11.9. The average Bonchev–Trinajstić information content (AvgIpc) is 2.63. The number of likely N-dealkylation sites (N-methyl/N-ethyl adjacent to an activating group) is 1. The lowest BCUT2D eigenvalue weighted by molar-refractivity contribution is -0.149. The molecule has 2 aliphatic rings. The first-order chi connectivity index (χ1) is 12.4. The number of carbonyl (C=O) groups is 1. The third kappa shape index (κ3) is 6.48. The van der Waals surface area contributed by atoms with E-state index in [1.807, 2.05) is 14.0 Å². The van der Waals surface area contributed by atoms with Gasteiger partial charge in [-0.1, -0.05) is 19.8 Å². The molecule has 1 heterocycles. The minimum atomic E-state index is -0.0437. The maximum Gasteiger partial charge on any atom is 0.309 e. The lowest BCUT2D eigenvalue weighted by atomic mass is 9.75. The standard InChI is InChI=1S/C20H38N4O2.HI/c1-6-26-18(25)17-9-12-24(13-10-17)19(21-3)22-15-20(23(4)5)11-7-8-16(2)14-20;/h16-17H,6-15H2,1-5H3,(H,21,22);1H. The Bertz CT molecular complexity index is 492. The first kappa shape index (κ1) is 24.5. The van der Waals surface area contributed by atoms with Crippen LogP contribution in [0, 0.1) is 11.8 Å². The number of rotatable bonds is 5. The topological polar surface area (TPSA) is 57.2 Å². The second kappa shape index (κ2) is 11.4. The molecule has 2 atom stereocenters. The van der Waals surface area contributed by atoms with Crippen LogP contribution in [0.2, 0.25) is 0 Å². The molecule has 0 bridgehead atoms. The van der Waals surface area contributed by atoms with Crippen LogP contribution in [0.4, 0.5) is 0 Å². The molecule has 1 aliphatic carbocycles. The first-order valence-electron chi connectivity index (χ1n) is 10.2. The van der Waals surface area contributed by atoms with Gasteiger partial charge in [0.1, 0.15) is 0 Å². The van der Waals surface area contributed by atoms with Crippen molar-refractivity contribution in [1.29, 1.82) is 0 Å². The van der Waals surface area contributed by atoms with Gasteiger partial charge in [0.15, 0.2) is 5.96 Å². The van der Waals surface area contributed by atoms with Crippen molar-refractivity contribution >= 4 is 35.9 Å². The molecule has 0 aromatic carbocycles. The number of hydrogen-bond acceptors (Lipinski definition) is 4. The van der Waals surface area contributed by atoms with Crippen molar-refractivity contribution in [2.24, 2.45) is 16.8 Å². The Morgan fingerprint density at radius 2 is 1.96 bits per heavy atom. The molecule has 27 heavy (non-hydrogen) atoms. The van der Waals surface area contributed by atoms with E-state index in [0.29, 0.717) is 6.61 Å². The van der Waals surface area contributed by atoms with Gasteiger partial charge in [-0.25, -0.2) is 0 Å². The van der Waals surface area contributed by atoms with Crippen LogP contribution in [0.25, 0.3) is 0 Å². The predicted octanol–water partition coefficient (Wildman–Crippen LogP) is 2.97. The molecule has 0 aromatic rings. The molecule has 6 nitrogen and oxygen atoms in total. The molecule has 1 saturated carbocycles. The molecule has 1 saturated heterocycles. The van der Waals surface area contributed by atoms with Crippen molar-refractivity contribution in [3.63, 3.8) is 0 Å². The van der Waals surface area contributed by atoms with E-state index >= 15 is 0 Å². The number of piperidine rings is 1.